The van der Waals surface area contributed by atoms with Gasteiger partial charge in [0, 0.05) is 19.0 Å². The molecule has 2 N–H and O–H groups in total. The van der Waals surface area contributed by atoms with E-state index in [0.29, 0.717) is 29.0 Å². The van der Waals surface area contributed by atoms with Crippen molar-refractivity contribution in [1.29, 1.82) is 0 Å². The van der Waals surface area contributed by atoms with Gasteiger partial charge in [0.05, 0.1) is 12.9 Å². The zero-order valence-electron chi connectivity index (χ0n) is 22.7. The van der Waals surface area contributed by atoms with Crippen LogP contribution in [0.25, 0.3) is 11.1 Å². The van der Waals surface area contributed by atoms with Crippen LogP contribution >= 0.6 is 0 Å². The minimum atomic E-state index is -4.70. The summed E-state index contributed by atoms with van der Waals surface area (Å²) >= 11 is 0. The Balaban J connectivity index is -0.000000587. The first-order valence-corrected chi connectivity index (χ1v) is 10.8. The number of carbonyl (C=O) groups is 2. The molecule has 0 bridgehead atoms. The van der Waals surface area contributed by atoms with Gasteiger partial charge in [-0.2, -0.15) is 24.3 Å². The molecule has 0 atom stereocenters. The third-order valence-electron chi connectivity index (χ3n) is 4.26. The zero-order valence-corrected chi connectivity index (χ0v) is 25.8. The first kappa shape index (κ1) is 40.8. The molecule has 0 unspecified atom stereocenters. The Hall–Kier alpha value is -2.67. The number of nitrogens with zero attached hydrogens (tertiary/aromatic N) is 1. The summed E-state index contributed by atoms with van der Waals surface area (Å²) in [5.41, 5.74) is 8.28. The molecule has 206 valence electrons. The number of rotatable bonds is 6. The van der Waals surface area contributed by atoms with Crippen LogP contribution in [0.1, 0.15) is 23.6 Å². The van der Waals surface area contributed by atoms with Crippen LogP contribution in [-0.2, 0) is 14.4 Å². The minimum Gasteiger partial charge on any atom is -0.551 e. The van der Waals surface area contributed by atoms with Gasteiger partial charge in [-0.1, -0.05) is 36.2 Å². The van der Waals surface area contributed by atoms with E-state index in [4.69, 9.17) is 14.3 Å². The predicted molar refractivity (Wildman–Crippen MR) is 142 cm³/mol. The topological polar surface area (TPSA) is 108 Å². The molecule has 0 heterocycles. The van der Waals surface area contributed by atoms with Gasteiger partial charge in [0.2, 0.25) is 0 Å². The molecule has 39 heavy (non-hydrogen) atoms. The molecule has 0 saturated heterocycles. The van der Waals surface area contributed by atoms with E-state index >= 15 is 0 Å². The molecule has 0 aromatic heterocycles. The molecule has 0 aliphatic carbocycles. The Labute approximate surface area is 270 Å². The van der Waals surface area contributed by atoms with Crippen LogP contribution in [0.5, 0.6) is 11.5 Å². The number of nitrogens with two attached hydrogens (primary N) is 1. The fraction of sp³-hybridized carbons (Fsp3) is 0.214. The second kappa shape index (κ2) is 24.4. The number of hydrogen-bond donors (Lipinski definition) is 1. The molecular weight excluding hydrogens is 540 g/mol. The van der Waals surface area contributed by atoms with Crippen molar-refractivity contribution in [3.63, 3.8) is 0 Å². The van der Waals surface area contributed by atoms with Gasteiger partial charge in [-0.05, 0) is 31.7 Å². The maximum Gasteiger partial charge on any atom is 1.00 e. The molecular formula is C28H31F3KN2O5-. The van der Waals surface area contributed by atoms with Crippen molar-refractivity contribution in [2.24, 2.45) is 10.7 Å². The van der Waals surface area contributed by atoms with Crippen molar-refractivity contribution < 1.29 is 88.4 Å². The van der Waals surface area contributed by atoms with E-state index in [2.05, 4.69) is 21.5 Å². The van der Waals surface area contributed by atoms with Crippen molar-refractivity contribution in [1.82, 2.24) is 0 Å². The van der Waals surface area contributed by atoms with E-state index in [1.165, 1.54) is 25.2 Å². The van der Waals surface area contributed by atoms with E-state index in [1.54, 1.807) is 43.6 Å². The van der Waals surface area contributed by atoms with E-state index < -0.39 is 6.36 Å². The number of hydrogen-bond acceptors (Lipinski definition) is 7. The summed E-state index contributed by atoms with van der Waals surface area (Å²) in [6.45, 7) is 8.18. The quantitative estimate of drug-likeness (QED) is 0.276. The van der Waals surface area contributed by atoms with E-state index in [9.17, 15) is 18.0 Å². The molecule has 0 spiro atoms. The summed E-state index contributed by atoms with van der Waals surface area (Å²) in [6.07, 6.45) is -1.09. The van der Waals surface area contributed by atoms with Gasteiger partial charge in [0.15, 0.2) is 0 Å². The number of benzene rings is 3. The molecule has 0 aliphatic heterocycles. The van der Waals surface area contributed by atoms with Crippen LogP contribution in [0.3, 0.4) is 0 Å². The number of aliphatic imine (C=N–C) groups is 1. The molecule has 0 fully saturated rings. The van der Waals surface area contributed by atoms with Crippen LogP contribution in [0.2, 0.25) is 0 Å². The number of carbonyl (C=O) groups excluding carboxylic acids is 3. The van der Waals surface area contributed by atoms with E-state index in [-0.39, 0.29) is 57.1 Å². The Kier molecular flexibility index (Phi) is 25.5. The van der Waals surface area contributed by atoms with Crippen LogP contribution < -0.4 is 66.6 Å². The second-order valence-electron chi connectivity index (χ2n) is 6.44. The van der Waals surface area contributed by atoms with Gasteiger partial charge in [0.1, 0.15) is 19.3 Å². The van der Waals surface area contributed by atoms with Crippen LogP contribution in [-0.4, -0.2) is 53.1 Å². The summed E-state index contributed by atoms with van der Waals surface area (Å²) in [7, 11) is 3.21. The van der Waals surface area contributed by atoms with Crippen LogP contribution in [0, 0.1) is 13.0 Å². The maximum absolute atomic E-state index is 12.2. The average molecular weight is 572 g/mol. The number of halogens is 3. The SMILES string of the molecule is C=O.C=O.CCOc1c[c-]ccc1-c1cccc(OC(F)(F)F)c1.CN.CN=Cc1cccc([C-]=O)c1C.[K+]. The van der Waals surface area contributed by atoms with Crippen molar-refractivity contribution in [2.75, 3.05) is 20.7 Å². The smallest absolute Gasteiger partial charge is 0.551 e. The molecule has 0 aliphatic rings. The van der Waals surface area contributed by atoms with Crippen molar-refractivity contribution in [2.45, 2.75) is 20.2 Å². The third-order valence-corrected chi connectivity index (χ3v) is 4.26. The molecule has 3 rings (SSSR count). The number of ether oxygens (including phenoxy) is 2. The Morgan fingerprint density at radius 2 is 1.69 bits per heavy atom. The predicted octanol–water partition coefficient (Wildman–Crippen LogP) is 2.16. The second-order valence-corrected chi connectivity index (χ2v) is 6.44. The van der Waals surface area contributed by atoms with Gasteiger partial charge >= 0.3 is 57.7 Å². The van der Waals surface area contributed by atoms with Crippen LogP contribution in [0.15, 0.2) is 65.7 Å². The summed E-state index contributed by atoms with van der Waals surface area (Å²) in [5, 5.41) is 0. The summed E-state index contributed by atoms with van der Waals surface area (Å²) in [6, 6.07) is 19.2. The Morgan fingerprint density at radius 3 is 2.23 bits per heavy atom. The van der Waals surface area contributed by atoms with Crippen molar-refractivity contribution in [3.8, 4) is 22.6 Å². The van der Waals surface area contributed by atoms with Gasteiger partial charge in [-0.25, -0.2) is 0 Å². The summed E-state index contributed by atoms with van der Waals surface area (Å²) < 4.78 is 46.0. The monoisotopic (exact) mass is 571 g/mol. The van der Waals surface area contributed by atoms with Gasteiger partial charge in [-0.15, -0.1) is 36.4 Å². The Bertz CT molecular complexity index is 1110. The fourth-order valence-electron chi connectivity index (χ4n) is 2.83. The first-order chi connectivity index (χ1) is 18.3. The molecule has 7 nitrogen and oxygen atoms in total. The Morgan fingerprint density at radius 1 is 1.08 bits per heavy atom. The minimum absolute atomic E-state index is 0. The normalized spacial score (nSPS) is 9.33. The molecule has 11 heteroatoms. The average Bonchev–Trinajstić information content (AvgIpc) is 2.93. The van der Waals surface area contributed by atoms with Gasteiger partial charge in [-0.3, -0.25) is 4.99 Å². The molecule has 0 saturated carbocycles. The molecule has 3 aromatic carbocycles. The van der Waals surface area contributed by atoms with Crippen molar-refractivity contribution in [3.05, 3.63) is 83.4 Å². The largest absolute Gasteiger partial charge is 1.00 e. The van der Waals surface area contributed by atoms with E-state index in [1.807, 2.05) is 45.8 Å². The standard InChI is InChI=1S/C15H12F3O2.C10H10NO.CH5N.2CH2O.K/c1-2-19-14-9-4-3-8-13(14)11-6-5-7-12(10-11)20-15(16,17)18;1-8-9(6-11-2)4-3-5-10(8)7-12;3*1-2;/h3,5-10H,2H2,1H3;3-6H,1-2H3;2H2,1H3;2*1H2;/q2*-1;;;;+1. The third kappa shape index (κ3) is 16.1. The molecule has 0 amide bonds. The van der Waals surface area contributed by atoms with Gasteiger partial charge in [0.25, 0.3) is 0 Å². The fourth-order valence-corrected chi connectivity index (χ4v) is 2.83. The summed E-state index contributed by atoms with van der Waals surface area (Å²) in [5.74, 6) is 0.310. The van der Waals surface area contributed by atoms with Crippen LogP contribution in [0.4, 0.5) is 13.2 Å². The maximum atomic E-state index is 12.2. The summed E-state index contributed by atoms with van der Waals surface area (Å²) in [4.78, 5) is 30.3. The van der Waals surface area contributed by atoms with Crippen molar-refractivity contribution >= 4 is 26.1 Å². The van der Waals surface area contributed by atoms with E-state index in [0.717, 1.165) is 11.1 Å². The van der Waals surface area contributed by atoms with Gasteiger partial charge < -0.3 is 29.6 Å². The zero-order chi connectivity index (χ0) is 29.6. The molecule has 3 aromatic rings. The molecule has 0 radical (unpaired) electrons. The first-order valence-electron chi connectivity index (χ1n) is 10.8. The number of alkyl halides is 3.